The van der Waals surface area contributed by atoms with Gasteiger partial charge in [0.15, 0.2) is 6.10 Å². The molecule has 2 aromatic rings. The molecule has 1 aliphatic rings. The van der Waals surface area contributed by atoms with Gasteiger partial charge in [-0.3, -0.25) is 9.59 Å². The Morgan fingerprint density at radius 2 is 1.96 bits per heavy atom. The molecule has 1 N–H and O–H groups in total. The summed E-state index contributed by atoms with van der Waals surface area (Å²) < 4.78 is 5.64. The van der Waals surface area contributed by atoms with Gasteiger partial charge < -0.3 is 14.7 Å². The van der Waals surface area contributed by atoms with Gasteiger partial charge >= 0.3 is 5.97 Å². The van der Waals surface area contributed by atoms with Crippen LogP contribution in [0.25, 0.3) is 0 Å². The summed E-state index contributed by atoms with van der Waals surface area (Å²) in [4.78, 5) is 25.5. The third-order valence-electron chi connectivity index (χ3n) is 4.17. The summed E-state index contributed by atoms with van der Waals surface area (Å²) in [5, 5.41) is 9.04. The Balaban J connectivity index is 2.01. The number of carboxylic acid groups (broad SMARTS) is 1. The topological polar surface area (TPSA) is 66.8 Å². The lowest BCUT2D eigenvalue weighted by molar-refractivity contribution is -0.142. The van der Waals surface area contributed by atoms with Crippen molar-refractivity contribution in [3.63, 3.8) is 0 Å². The number of hydrogen-bond donors (Lipinski definition) is 1. The van der Waals surface area contributed by atoms with E-state index in [0.29, 0.717) is 18.0 Å². The fourth-order valence-corrected chi connectivity index (χ4v) is 2.84. The van der Waals surface area contributed by atoms with E-state index in [1.807, 2.05) is 50.2 Å². The quantitative estimate of drug-likeness (QED) is 0.938. The zero-order chi connectivity index (χ0) is 17.3. The van der Waals surface area contributed by atoms with E-state index in [9.17, 15) is 9.59 Å². The molecular formula is C19H19NO4. The molecule has 0 aromatic heterocycles. The highest BCUT2D eigenvalue weighted by Crippen LogP contribution is 2.36. The Hall–Kier alpha value is -2.82. The van der Waals surface area contributed by atoms with Crippen molar-refractivity contribution >= 4 is 17.6 Å². The smallest absolute Gasteiger partial charge is 0.307 e. The van der Waals surface area contributed by atoms with Crippen molar-refractivity contribution in [3.05, 3.63) is 59.2 Å². The lowest BCUT2D eigenvalue weighted by Crippen LogP contribution is -2.46. The van der Waals surface area contributed by atoms with Crippen molar-refractivity contribution in [2.45, 2.75) is 32.9 Å². The molecule has 0 saturated heterocycles. The summed E-state index contributed by atoms with van der Waals surface area (Å²) in [6.07, 6.45) is -1.35. The maximum atomic E-state index is 12.8. The highest BCUT2D eigenvalue weighted by molar-refractivity contribution is 6.01. The molecule has 24 heavy (non-hydrogen) atoms. The molecule has 0 radical (unpaired) electrons. The molecule has 0 spiro atoms. The minimum atomic E-state index is -1.06. The number of amides is 1. The average Bonchev–Trinajstić information content (AvgIpc) is 2.53. The Bertz CT molecular complexity index is 800. The van der Waals surface area contributed by atoms with Crippen LogP contribution >= 0.6 is 0 Å². The second-order valence-electron chi connectivity index (χ2n) is 6.03. The minimum absolute atomic E-state index is 0.321. The van der Waals surface area contributed by atoms with Gasteiger partial charge in [-0.1, -0.05) is 30.3 Å². The van der Waals surface area contributed by atoms with Crippen LogP contribution in [0.15, 0.2) is 42.5 Å². The van der Waals surface area contributed by atoms with Crippen LogP contribution in [0.4, 0.5) is 5.69 Å². The lowest BCUT2D eigenvalue weighted by Gasteiger charge is -2.34. The van der Waals surface area contributed by atoms with Crippen LogP contribution in [0.5, 0.6) is 5.75 Å². The van der Waals surface area contributed by atoms with Crippen molar-refractivity contribution in [1.82, 2.24) is 0 Å². The van der Waals surface area contributed by atoms with E-state index in [1.54, 1.807) is 11.0 Å². The summed E-state index contributed by atoms with van der Waals surface area (Å²) in [7, 11) is 0. The summed E-state index contributed by atoms with van der Waals surface area (Å²) in [5.41, 5.74) is 3.80. The number of carbonyl (C=O) groups excluding carboxylic acids is 1. The third kappa shape index (κ3) is 3.11. The van der Waals surface area contributed by atoms with Gasteiger partial charge in [0.05, 0.1) is 18.7 Å². The van der Waals surface area contributed by atoms with Crippen molar-refractivity contribution in [2.24, 2.45) is 0 Å². The lowest BCUT2D eigenvalue weighted by atomic mass is 10.0. The minimum Gasteiger partial charge on any atom is -0.481 e. The van der Waals surface area contributed by atoms with E-state index < -0.39 is 12.1 Å². The van der Waals surface area contributed by atoms with Crippen LogP contribution in [0.3, 0.4) is 0 Å². The molecule has 1 heterocycles. The van der Waals surface area contributed by atoms with Crippen molar-refractivity contribution in [2.75, 3.05) is 4.90 Å². The van der Waals surface area contributed by atoms with E-state index in [0.717, 1.165) is 16.7 Å². The van der Waals surface area contributed by atoms with Crippen LogP contribution in [-0.4, -0.2) is 23.1 Å². The Morgan fingerprint density at radius 3 is 2.67 bits per heavy atom. The second-order valence-corrected chi connectivity index (χ2v) is 6.03. The number of anilines is 1. The number of carbonyl (C=O) groups is 2. The first-order valence-electron chi connectivity index (χ1n) is 7.80. The van der Waals surface area contributed by atoms with E-state index in [4.69, 9.17) is 9.84 Å². The molecule has 1 unspecified atom stereocenters. The Labute approximate surface area is 140 Å². The second kappa shape index (κ2) is 6.35. The van der Waals surface area contributed by atoms with E-state index in [2.05, 4.69) is 0 Å². The molecule has 0 bridgehead atoms. The molecule has 124 valence electrons. The molecule has 1 atom stereocenters. The molecule has 2 aromatic carbocycles. The predicted molar refractivity (Wildman–Crippen MR) is 90.2 cm³/mol. The average molecular weight is 325 g/mol. The summed E-state index contributed by atoms with van der Waals surface area (Å²) in [5.74, 6) is -0.835. The highest BCUT2D eigenvalue weighted by atomic mass is 16.5. The van der Waals surface area contributed by atoms with Crippen molar-refractivity contribution in [1.29, 1.82) is 0 Å². The van der Waals surface area contributed by atoms with Gasteiger partial charge in [-0.05, 0) is 42.7 Å². The summed E-state index contributed by atoms with van der Waals surface area (Å²) >= 11 is 0. The van der Waals surface area contributed by atoms with Crippen LogP contribution < -0.4 is 9.64 Å². The first kappa shape index (κ1) is 16.1. The van der Waals surface area contributed by atoms with Crippen molar-refractivity contribution in [3.8, 4) is 5.75 Å². The zero-order valence-electron chi connectivity index (χ0n) is 13.7. The summed E-state index contributed by atoms with van der Waals surface area (Å²) in [6.45, 7) is 4.33. The highest BCUT2D eigenvalue weighted by Gasteiger charge is 2.36. The standard InChI is InChI=1S/C19H19NO4/c1-12-7-8-16-15(9-12)20(11-14-6-4-3-5-13(14)2)19(23)17(24-16)10-18(21)22/h3-9,17H,10-11H2,1-2H3,(H,21,22). The zero-order valence-corrected chi connectivity index (χ0v) is 13.7. The fourth-order valence-electron chi connectivity index (χ4n) is 2.84. The van der Waals surface area contributed by atoms with Gasteiger partial charge in [-0.15, -0.1) is 0 Å². The van der Waals surface area contributed by atoms with E-state index in [-0.39, 0.29) is 12.3 Å². The third-order valence-corrected chi connectivity index (χ3v) is 4.17. The Morgan fingerprint density at radius 1 is 1.21 bits per heavy atom. The number of aryl methyl sites for hydroxylation is 2. The number of ether oxygens (including phenoxy) is 1. The molecule has 3 rings (SSSR count). The SMILES string of the molecule is Cc1ccc2c(c1)N(Cc1ccccc1C)C(=O)C(CC(=O)O)O2. The number of hydrogen-bond acceptors (Lipinski definition) is 3. The predicted octanol–water partition coefficient (Wildman–Crippen LogP) is 3.07. The van der Waals surface area contributed by atoms with Crippen molar-refractivity contribution < 1.29 is 19.4 Å². The maximum Gasteiger partial charge on any atom is 0.307 e. The molecule has 0 fully saturated rings. The summed E-state index contributed by atoms with van der Waals surface area (Å²) in [6, 6.07) is 13.4. The number of carboxylic acids is 1. The fraction of sp³-hybridized carbons (Fsp3) is 0.263. The molecule has 0 saturated carbocycles. The van der Waals surface area contributed by atoms with Crippen LogP contribution in [0.2, 0.25) is 0 Å². The number of rotatable bonds is 4. The van der Waals surface area contributed by atoms with E-state index >= 15 is 0 Å². The van der Waals surface area contributed by atoms with Gasteiger partial charge in [0, 0.05) is 0 Å². The van der Waals surface area contributed by atoms with Gasteiger partial charge in [0.2, 0.25) is 0 Å². The number of nitrogens with zero attached hydrogens (tertiary/aromatic N) is 1. The molecule has 5 heteroatoms. The van der Waals surface area contributed by atoms with Crippen LogP contribution in [0.1, 0.15) is 23.1 Å². The Kier molecular flexibility index (Phi) is 4.25. The van der Waals surface area contributed by atoms with E-state index in [1.165, 1.54) is 0 Å². The normalized spacial score (nSPS) is 16.5. The van der Waals surface area contributed by atoms with Gasteiger partial charge in [-0.25, -0.2) is 0 Å². The number of fused-ring (bicyclic) bond motifs is 1. The van der Waals surface area contributed by atoms with Gasteiger partial charge in [0.1, 0.15) is 5.75 Å². The monoisotopic (exact) mass is 325 g/mol. The molecule has 1 amide bonds. The maximum absolute atomic E-state index is 12.8. The van der Waals surface area contributed by atoms with Gasteiger partial charge in [-0.2, -0.15) is 0 Å². The molecular weight excluding hydrogens is 306 g/mol. The number of benzene rings is 2. The number of aliphatic carboxylic acids is 1. The van der Waals surface area contributed by atoms with Crippen LogP contribution in [0, 0.1) is 13.8 Å². The molecule has 0 aliphatic carbocycles. The molecule has 1 aliphatic heterocycles. The largest absolute Gasteiger partial charge is 0.481 e. The van der Waals surface area contributed by atoms with Crippen LogP contribution in [-0.2, 0) is 16.1 Å². The first-order valence-corrected chi connectivity index (χ1v) is 7.80. The first-order chi connectivity index (χ1) is 11.5. The van der Waals surface area contributed by atoms with Gasteiger partial charge in [0.25, 0.3) is 5.91 Å². The molecule has 5 nitrogen and oxygen atoms in total.